The molecule has 1 N–H and O–H groups in total. The molecule has 0 spiro atoms. The first-order valence-electron chi connectivity index (χ1n) is 7.38. The van der Waals surface area contributed by atoms with Gasteiger partial charge in [0.25, 0.3) is 0 Å². The average molecular weight is 316 g/mol. The number of hydrogen-bond acceptors (Lipinski definition) is 4. The molecule has 0 unspecified atom stereocenters. The van der Waals surface area contributed by atoms with Gasteiger partial charge < -0.3 is 15.1 Å². The van der Waals surface area contributed by atoms with Gasteiger partial charge in [-0.1, -0.05) is 0 Å². The average Bonchev–Trinajstić information content (AvgIpc) is 3.18. The lowest BCUT2D eigenvalue weighted by molar-refractivity contribution is 0.207. The van der Waals surface area contributed by atoms with Gasteiger partial charge in [0.15, 0.2) is 0 Å². The molecule has 1 fully saturated rings. The number of amides is 2. The Labute approximate surface area is 134 Å². The van der Waals surface area contributed by atoms with Crippen LogP contribution in [0.25, 0.3) is 0 Å². The third kappa shape index (κ3) is 3.06. The fourth-order valence-electron chi connectivity index (χ4n) is 2.74. The van der Waals surface area contributed by atoms with Crippen LogP contribution in [-0.4, -0.2) is 36.6 Å². The molecule has 1 atom stereocenters. The zero-order valence-corrected chi connectivity index (χ0v) is 13.6. The second-order valence-electron chi connectivity index (χ2n) is 5.64. The van der Waals surface area contributed by atoms with E-state index in [0.717, 1.165) is 30.9 Å². The zero-order valence-electron chi connectivity index (χ0n) is 12.8. The second-order valence-corrected chi connectivity index (χ2v) is 6.42. The van der Waals surface area contributed by atoms with Crippen molar-refractivity contribution >= 4 is 28.9 Å². The lowest BCUT2D eigenvalue weighted by Gasteiger charge is -2.24. The summed E-state index contributed by atoms with van der Waals surface area (Å²) in [6.45, 7) is 0.801. The Balaban J connectivity index is 1.68. The highest BCUT2D eigenvalue weighted by atomic mass is 32.1. The third-order valence-electron chi connectivity index (χ3n) is 3.90. The topological polar surface area (TPSA) is 48.5 Å². The van der Waals surface area contributed by atoms with Gasteiger partial charge in [0, 0.05) is 20.6 Å². The van der Waals surface area contributed by atoms with E-state index in [1.165, 1.54) is 5.56 Å². The van der Waals surface area contributed by atoms with Crippen LogP contribution in [0.5, 0.6) is 0 Å². The Morgan fingerprint density at radius 1 is 1.41 bits per heavy atom. The fraction of sp³-hybridized carbons (Fsp3) is 0.375. The molecule has 2 amide bonds. The van der Waals surface area contributed by atoms with Crippen molar-refractivity contribution in [1.82, 2.24) is 9.88 Å². The van der Waals surface area contributed by atoms with Crippen LogP contribution in [0.3, 0.4) is 0 Å². The molecule has 116 valence electrons. The molecule has 0 bridgehead atoms. The molecular formula is C16H20N4OS. The second kappa shape index (κ2) is 6.36. The maximum absolute atomic E-state index is 12.5. The summed E-state index contributed by atoms with van der Waals surface area (Å²) in [5, 5.41) is 7.14. The maximum Gasteiger partial charge on any atom is 0.322 e. The Morgan fingerprint density at radius 3 is 2.91 bits per heavy atom. The smallest absolute Gasteiger partial charge is 0.322 e. The van der Waals surface area contributed by atoms with Gasteiger partial charge in [-0.15, -0.1) is 0 Å². The normalized spacial score (nSPS) is 17.5. The van der Waals surface area contributed by atoms with Gasteiger partial charge in [-0.2, -0.15) is 11.3 Å². The maximum atomic E-state index is 12.5. The van der Waals surface area contributed by atoms with Gasteiger partial charge in [-0.05, 0) is 47.4 Å². The Hall–Kier alpha value is -2.08. The van der Waals surface area contributed by atoms with Crippen LogP contribution < -0.4 is 10.2 Å². The summed E-state index contributed by atoms with van der Waals surface area (Å²) >= 11 is 1.68. The first kappa shape index (κ1) is 14.8. The van der Waals surface area contributed by atoms with Crippen molar-refractivity contribution in [2.24, 2.45) is 0 Å². The van der Waals surface area contributed by atoms with Crippen LogP contribution >= 0.6 is 11.3 Å². The molecule has 3 heterocycles. The van der Waals surface area contributed by atoms with E-state index in [1.54, 1.807) is 17.5 Å². The van der Waals surface area contributed by atoms with Gasteiger partial charge in [0.1, 0.15) is 5.82 Å². The minimum atomic E-state index is -0.0481. The highest BCUT2D eigenvalue weighted by molar-refractivity contribution is 7.07. The summed E-state index contributed by atoms with van der Waals surface area (Å²) in [7, 11) is 3.88. The number of anilines is 2. The van der Waals surface area contributed by atoms with Crippen LogP contribution in [-0.2, 0) is 0 Å². The van der Waals surface area contributed by atoms with Crippen molar-refractivity contribution in [3.8, 4) is 0 Å². The van der Waals surface area contributed by atoms with Crippen molar-refractivity contribution in [2.75, 3.05) is 30.9 Å². The van der Waals surface area contributed by atoms with Gasteiger partial charge in [-0.3, -0.25) is 0 Å². The van der Waals surface area contributed by atoms with Crippen LogP contribution in [0.4, 0.5) is 16.3 Å². The van der Waals surface area contributed by atoms with E-state index in [9.17, 15) is 4.79 Å². The number of nitrogens with one attached hydrogen (secondary N) is 1. The molecule has 0 aliphatic carbocycles. The van der Waals surface area contributed by atoms with Crippen molar-refractivity contribution in [2.45, 2.75) is 18.9 Å². The summed E-state index contributed by atoms with van der Waals surface area (Å²) < 4.78 is 0. The number of rotatable bonds is 3. The Kier molecular flexibility index (Phi) is 4.29. The summed E-state index contributed by atoms with van der Waals surface area (Å²) in [5.41, 5.74) is 1.96. The van der Waals surface area contributed by atoms with Gasteiger partial charge in [0.2, 0.25) is 0 Å². The zero-order chi connectivity index (χ0) is 15.5. The van der Waals surface area contributed by atoms with E-state index in [-0.39, 0.29) is 12.1 Å². The molecule has 22 heavy (non-hydrogen) atoms. The highest BCUT2D eigenvalue weighted by Gasteiger charge is 2.30. The van der Waals surface area contributed by atoms with E-state index in [1.807, 2.05) is 36.0 Å². The summed E-state index contributed by atoms with van der Waals surface area (Å²) in [6.07, 6.45) is 3.77. The fourth-order valence-corrected chi connectivity index (χ4v) is 3.45. The molecule has 2 aromatic rings. The van der Waals surface area contributed by atoms with Gasteiger partial charge in [-0.25, -0.2) is 9.78 Å². The number of urea groups is 1. The summed E-state index contributed by atoms with van der Waals surface area (Å²) in [4.78, 5) is 20.7. The molecule has 5 nitrogen and oxygen atoms in total. The minimum Gasteiger partial charge on any atom is -0.363 e. The van der Waals surface area contributed by atoms with Gasteiger partial charge in [0.05, 0.1) is 17.9 Å². The molecule has 1 aliphatic heterocycles. The molecule has 2 aromatic heterocycles. The van der Waals surface area contributed by atoms with E-state index in [4.69, 9.17) is 0 Å². The van der Waals surface area contributed by atoms with Crippen LogP contribution in [0.1, 0.15) is 24.4 Å². The van der Waals surface area contributed by atoms with Crippen molar-refractivity contribution < 1.29 is 4.79 Å². The van der Waals surface area contributed by atoms with E-state index in [2.05, 4.69) is 27.1 Å². The lowest BCUT2D eigenvalue weighted by Crippen LogP contribution is -2.34. The predicted molar refractivity (Wildman–Crippen MR) is 90.6 cm³/mol. The summed E-state index contributed by atoms with van der Waals surface area (Å²) in [6, 6.07) is 6.04. The summed E-state index contributed by atoms with van der Waals surface area (Å²) in [5.74, 6) is 0.871. The quantitative estimate of drug-likeness (QED) is 0.941. The number of aromatic nitrogens is 1. The number of pyridine rings is 1. The number of thiophene rings is 1. The predicted octanol–water partition coefficient (Wildman–Crippen LogP) is 3.58. The number of carbonyl (C=O) groups excluding carboxylic acids is 1. The van der Waals surface area contributed by atoms with Crippen LogP contribution in [0.2, 0.25) is 0 Å². The van der Waals surface area contributed by atoms with Crippen molar-refractivity contribution in [3.05, 3.63) is 40.7 Å². The molecule has 1 aliphatic rings. The van der Waals surface area contributed by atoms with Crippen LogP contribution in [0.15, 0.2) is 35.2 Å². The van der Waals surface area contributed by atoms with Crippen molar-refractivity contribution in [1.29, 1.82) is 0 Å². The largest absolute Gasteiger partial charge is 0.363 e. The molecule has 1 saturated heterocycles. The molecule has 3 rings (SSSR count). The monoisotopic (exact) mass is 316 g/mol. The minimum absolute atomic E-state index is 0.0481. The molecule has 0 aromatic carbocycles. The van der Waals surface area contributed by atoms with Crippen LogP contribution in [0, 0.1) is 0 Å². The highest BCUT2D eigenvalue weighted by Crippen LogP contribution is 2.33. The van der Waals surface area contributed by atoms with Crippen molar-refractivity contribution in [3.63, 3.8) is 0 Å². The van der Waals surface area contributed by atoms with Gasteiger partial charge >= 0.3 is 6.03 Å². The number of hydrogen-bond donors (Lipinski definition) is 1. The number of nitrogens with zero attached hydrogens (tertiary/aromatic N) is 3. The standard InChI is InChI=1S/C16H20N4OS/c1-19(2)15-6-5-13(10-17-15)18-16(21)20-8-3-4-14(20)12-7-9-22-11-12/h5-7,9-11,14H,3-4,8H2,1-2H3,(H,18,21)/t14-/m0/s1. The lowest BCUT2D eigenvalue weighted by atomic mass is 10.1. The Bertz CT molecular complexity index is 624. The number of likely N-dealkylation sites (tertiary alicyclic amines) is 1. The SMILES string of the molecule is CN(C)c1ccc(NC(=O)N2CCC[C@H]2c2ccsc2)cn1. The molecule has 0 saturated carbocycles. The first-order valence-corrected chi connectivity index (χ1v) is 8.32. The van der Waals surface area contributed by atoms with E-state index in [0.29, 0.717) is 0 Å². The molecule has 6 heteroatoms. The Morgan fingerprint density at radius 2 is 2.27 bits per heavy atom. The third-order valence-corrected chi connectivity index (χ3v) is 4.60. The van der Waals surface area contributed by atoms with E-state index < -0.39 is 0 Å². The number of carbonyl (C=O) groups is 1. The molecule has 0 radical (unpaired) electrons. The molecular weight excluding hydrogens is 296 g/mol. The first-order chi connectivity index (χ1) is 10.6. The van der Waals surface area contributed by atoms with E-state index >= 15 is 0 Å².